The van der Waals surface area contributed by atoms with Gasteiger partial charge < -0.3 is 15.4 Å². The van der Waals surface area contributed by atoms with Crippen LogP contribution in [0.1, 0.15) is 42.5 Å². The molecule has 1 aliphatic heterocycles. The van der Waals surface area contributed by atoms with E-state index in [1.165, 1.54) is 11.1 Å². The molecule has 4 rings (SSSR count). The molecule has 2 aromatic rings. The fourth-order valence-electron chi connectivity index (χ4n) is 4.58. The number of piperidine rings is 1. The molecule has 1 aromatic carbocycles. The maximum atomic E-state index is 11.9. The second-order valence-corrected chi connectivity index (χ2v) is 7.26. The van der Waals surface area contributed by atoms with Crippen LogP contribution in [0.4, 0.5) is 0 Å². The zero-order chi connectivity index (χ0) is 18.0. The SMILES string of the molecule is CC(=O)N[C@@H]1c2ccccc2C2(CCNCC2)[C@H]1OCc1cccnc1. The first-order valence-electron chi connectivity index (χ1n) is 9.28. The molecule has 5 nitrogen and oxygen atoms in total. The van der Waals surface area contributed by atoms with Gasteiger partial charge in [-0.15, -0.1) is 0 Å². The number of hydrogen-bond donors (Lipinski definition) is 2. The number of nitrogens with one attached hydrogen (secondary N) is 2. The number of rotatable bonds is 4. The minimum Gasteiger partial charge on any atom is -0.370 e. The molecule has 0 radical (unpaired) electrons. The normalized spacial score (nSPS) is 23.6. The van der Waals surface area contributed by atoms with Gasteiger partial charge in [-0.05, 0) is 48.7 Å². The van der Waals surface area contributed by atoms with Crippen LogP contribution < -0.4 is 10.6 Å². The van der Waals surface area contributed by atoms with Crippen LogP contribution in [0.25, 0.3) is 0 Å². The zero-order valence-electron chi connectivity index (χ0n) is 15.1. The van der Waals surface area contributed by atoms with Crippen molar-refractivity contribution in [1.29, 1.82) is 0 Å². The Kier molecular flexibility index (Phi) is 4.74. The molecular formula is C21H25N3O2. The van der Waals surface area contributed by atoms with Crippen molar-refractivity contribution in [3.8, 4) is 0 Å². The summed E-state index contributed by atoms with van der Waals surface area (Å²) in [6.07, 6.45) is 5.55. The standard InChI is InChI=1S/C21H25N3O2/c1-15(25)24-19-17-6-2-3-7-18(17)21(8-11-22-12-9-21)20(19)26-14-16-5-4-10-23-13-16/h2-7,10,13,19-20,22H,8-9,11-12,14H2,1H3,(H,24,25)/t19-,20+/m1/s1. The minimum atomic E-state index is -0.113. The smallest absolute Gasteiger partial charge is 0.217 e. The third kappa shape index (κ3) is 3.02. The molecule has 1 aliphatic carbocycles. The van der Waals surface area contributed by atoms with Crippen molar-refractivity contribution in [1.82, 2.24) is 15.6 Å². The van der Waals surface area contributed by atoms with Crippen LogP contribution in [0.15, 0.2) is 48.8 Å². The Balaban J connectivity index is 1.70. The van der Waals surface area contributed by atoms with Crippen LogP contribution in [-0.4, -0.2) is 30.1 Å². The molecule has 2 N–H and O–H groups in total. The Morgan fingerprint density at radius 2 is 2.08 bits per heavy atom. The first-order valence-corrected chi connectivity index (χ1v) is 9.28. The molecule has 0 bridgehead atoms. The van der Waals surface area contributed by atoms with E-state index in [1.54, 1.807) is 13.1 Å². The van der Waals surface area contributed by atoms with Gasteiger partial charge in [0, 0.05) is 24.7 Å². The molecule has 2 heterocycles. The van der Waals surface area contributed by atoms with Crippen molar-refractivity contribution in [2.45, 2.75) is 43.9 Å². The number of fused-ring (bicyclic) bond motifs is 2. The lowest BCUT2D eigenvalue weighted by Crippen LogP contribution is -2.49. The van der Waals surface area contributed by atoms with E-state index in [0.29, 0.717) is 6.61 Å². The Morgan fingerprint density at radius 1 is 1.27 bits per heavy atom. The summed E-state index contributed by atoms with van der Waals surface area (Å²) in [4.78, 5) is 16.1. The van der Waals surface area contributed by atoms with Gasteiger partial charge >= 0.3 is 0 Å². The first kappa shape index (κ1) is 17.2. The predicted octanol–water partition coefficient (Wildman–Crippen LogP) is 2.48. The van der Waals surface area contributed by atoms with E-state index in [0.717, 1.165) is 31.5 Å². The van der Waals surface area contributed by atoms with E-state index in [-0.39, 0.29) is 23.5 Å². The fourth-order valence-corrected chi connectivity index (χ4v) is 4.58. The van der Waals surface area contributed by atoms with Crippen molar-refractivity contribution in [2.75, 3.05) is 13.1 Å². The number of hydrogen-bond acceptors (Lipinski definition) is 4. The number of carbonyl (C=O) groups is 1. The molecule has 2 atom stereocenters. The summed E-state index contributed by atoms with van der Waals surface area (Å²) in [6, 6.07) is 12.3. The number of pyridine rings is 1. The number of ether oxygens (including phenoxy) is 1. The molecule has 1 saturated heterocycles. The molecule has 5 heteroatoms. The third-order valence-electron chi connectivity index (χ3n) is 5.69. The van der Waals surface area contributed by atoms with E-state index in [1.807, 2.05) is 24.4 Å². The molecule has 1 spiro atoms. The largest absolute Gasteiger partial charge is 0.370 e. The van der Waals surface area contributed by atoms with Crippen LogP contribution >= 0.6 is 0 Å². The molecule has 1 aromatic heterocycles. The quantitative estimate of drug-likeness (QED) is 0.888. The van der Waals surface area contributed by atoms with Gasteiger partial charge in [0.1, 0.15) is 0 Å². The van der Waals surface area contributed by atoms with Crippen LogP contribution in [0.3, 0.4) is 0 Å². The van der Waals surface area contributed by atoms with E-state index >= 15 is 0 Å². The minimum absolute atomic E-state index is 0.0224. The highest BCUT2D eigenvalue weighted by Crippen LogP contribution is 2.51. The molecule has 26 heavy (non-hydrogen) atoms. The molecule has 0 saturated carbocycles. The lowest BCUT2D eigenvalue weighted by molar-refractivity contribution is -0.122. The lowest BCUT2D eigenvalue weighted by Gasteiger charge is -2.41. The summed E-state index contributed by atoms with van der Waals surface area (Å²) >= 11 is 0. The fraction of sp³-hybridized carbons (Fsp3) is 0.429. The van der Waals surface area contributed by atoms with Gasteiger partial charge in [0.15, 0.2) is 0 Å². The van der Waals surface area contributed by atoms with E-state index in [9.17, 15) is 4.79 Å². The molecule has 2 aliphatic rings. The topological polar surface area (TPSA) is 63.2 Å². The van der Waals surface area contributed by atoms with Gasteiger partial charge in [-0.2, -0.15) is 0 Å². The maximum Gasteiger partial charge on any atom is 0.217 e. The summed E-state index contributed by atoms with van der Waals surface area (Å²) in [5, 5.41) is 6.62. The summed E-state index contributed by atoms with van der Waals surface area (Å²) in [5.41, 5.74) is 3.52. The van der Waals surface area contributed by atoms with Crippen molar-refractivity contribution in [2.24, 2.45) is 0 Å². The summed E-state index contributed by atoms with van der Waals surface area (Å²) in [7, 11) is 0. The lowest BCUT2D eigenvalue weighted by atomic mass is 9.72. The summed E-state index contributed by atoms with van der Waals surface area (Å²) in [5.74, 6) is -0.0224. The van der Waals surface area contributed by atoms with Gasteiger partial charge in [0.2, 0.25) is 5.91 Å². The van der Waals surface area contributed by atoms with Gasteiger partial charge in [0.05, 0.1) is 18.8 Å². The number of benzene rings is 1. The Bertz CT molecular complexity index is 772. The number of carbonyl (C=O) groups excluding carboxylic acids is 1. The number of amides is 1. The average molecular weight is 351 g/mol. The van der Waals surface area contributed by atoms with Crippen molar-refractivity contribution in [3.05, 3.63) is 65.5 Å². The molecule has 0 unspecified atom stereocenters. The summed E-state index contributed by atoms with van der Waals surface area (Å²) in [6.45, 7) is 4.01. The van der Waals surface area contributed by atoms with Gasteiger partial charge in [0.25, 0.3) is 0 Å². The van der Waals surface area contributed by atoms with E-state index < -0.39 is 0 Å². The van der Waals surface area contributed by atoms with Crippen LogP contribution in [0, 0.1) is 0 Å². The van der Waals surface area contributed by atoms with Crippen molar-refractivity contribution in [3.63, 3.8) is 0 Å². The second-order valence-electron chi connectivity index (χ2n) is 7.26. The highest BCUT2D eigenvalue weighted by molar-refractivity contribution is 5.74. The number of aromatic nitrogens is 1. The molecule has 1 amide bonds. The monoisotopic (exact) mass is 351 g/mol. The highest BCUT2D eigenvalue weighted by atomic mass is 16.5. The van der Waals surface area contributed by atoms with Gasteiger partial charge in [-0.3, -0.25) is 9.78 Å². The second kappa shape index (κ2) is 7.17. The van der Waals surface area contributed by atoms with Crippen LogP contribution in [0.2, 0.25) is 0 Å². The van der Waals surface area contributed by atoms with Gasteiger partial charge in [-0.1, -0.05) is 30.3 Å². The Labute approximate surface area is 154 Å². The highest BCUT2D eigenvalue weighted by Gasteiger charge is 2.53. The molecule has 136 valence electrons. The van der Waals surface area contributed by atoms with E-state index in [2.05, 4.69) is 33.8 Å². The van der Waals surface area contributed by atoms with Crippen molar-refractivity contribution >= 4 is 5.91 Å². The van der Waals surface area contributed by atoms with Crippen LogP contribution in [-0.2, 0) is 21.6 Å². The summed E-state index contributed by atoms with van der Waals surface area (Å²) < 4.78 is 6.50. The van der Waals surface area contributed by atoms with Gasteiger partial charge in [-0.25, -0.2) is 0 Å². The van der Waals surface area contributed by atoms with Crippen molar-refractivity contribution < 1.29 is 9.53 Å². The Morgan fingerprint density at radius 3 is 2.81 bits per heavy atom. The zero-order valence-corrected chi connectivity index (χ0v) is 15.1. The van der Waals surface area contributed by atoms with Crippen LogP contribution in [0.5, 0.6) is 0 Å². The molecular weight excluding hydrogens is 326 g/mol. The Hall–Kier alpha value is -2.24. The predicted molar refractivity (Wildman–Crippen MR) is 99.6 cm³/mol. The first-order chi connectivity index (χ1) is 12.7. The molecule has 1 fully saturated rings. The number of nitrogens with zero attached hydrogens (tertiary/aromatic N) is 1. The maximum absolute atomic E-state index is 11.9. The van der Waals surface area contributed by atoms with E-state index in [4.69, 9.17) is 4.74 Å². The average Bonchev–Trinajstić information content (AvgIpc) is 2.91. The third-order valence-corrected chi connectivity index (χ3v) is 5.69.